The molecule has 4 nitrogen and oxygen atoms in total. The summed E-state index contributed by atoms with van der Waals surface area (Å²) in [5.41, 5.74) is 2.53. The van der Waals surface area contributed by atoms with Gasteiger partial charge < -0.3 is 10.2 Å². The smallest absolute Gasteiger partial charge is 0.243 e. The van der Waals surface area contributed by atoms with E-state index in [9.17, 15) is 9.59 Å². The topological polar surface area (TPSA) is 49.4 Å². The third-order valence-electron chi connectivity index (χ3n) is 5.53. The Labute approximate surface area is 232 Å². The lowest BCUT2D eigenvalue weighted by Crippen LogP contribution is -2.52. The van der Waals surface area contributed by atoms with Gasteiger partial charge in [-0.15, -0.1) is 11.8 Å². The van der Waals surface area contributed by atoms with E-state index >= 15 is 0 Å². The van der Waals surface area contributed by atoms with E-state index in [1.54, 1.807) is 29.2 Å². The summed E-state index contributed by atoms with van der Waals surface area (Å²) >= 11 is 20.5. The van der Waals surface area contributed by atoms with Crippen LogP contribution < -0.4 is 5.32 Å². The Kier molecular flexibility index (Phi) is 11.0. The first-order chi connectivity index (χ1) is 17.3. The molecule has 0 aliphatic rings. The molecule has 2 amide bonds. The summed E-state index contributed by atoms with van der Waals surface area (Å²) < 4.78 is 0. The first-order valence-electron chi connectivity index (χ1n) is 11.6. The van der Waals surface area contributed by atoms with Crippen LogP contribution in [0.15, 0.2) is 72.8 Å². The van der Waals surface area contributed by atoms with E-state index in [0.29, 0.717) is 27.2 Å². The van der Waals surface area contributed by atoms with Crippen molar-refractivity contribution in [3.63, 3.8) is 0 Å². The van der Waals surface area contributed by atoms with E-state index in [1.165, 1.54) is 11.8 Å². The van der Waals surface area contributed by atoms with Gasteiger partial charge in [-0.1, -0.05) is 89.4 Å². The summed E-state index contributed by atoms with van der Waals surface area (Å²) in [6, 6.07) is 21.7. The summed E-state index contributed by atoms with van der Waals surface area (Å²) in [6.45, 7) is 4.02. The largest absolute Gasteiger partial charge is 0.352 e. The lowest BCUT2D eigenvalue weighted by atomic mass is 10.0. The van der Waals surface area contributed by atoms with Crippen molar-refractivity contribution in [2.24, 2.45) is 0 Å². The molecule has 190 valence electrons. The summed E-state index contributed by atoms with van der Waals surface area (Å²) in [5, 5.41) is 4.66. The van der Waals surface area contributed by atoms with Crippen molar-refractivity contribution >= 4 is 58.4 Å². The lowest BCUT2D eigenvalue weighted by Gasteiger charge is -2.32. The van der Waals surface area contributed by atoms with Gasteiger partial charge in [-0.3, -0.25) is 9.59 Å². The molecule has 0 heterocycles. The van der Waals surface area contributed by atoms with Crippen molar-refractivity contribution in [2.45, 2.75) is 44.6 Å². The minimum absolute atomic E-state index is 0.0650. The Balaban J connectivity index is 1.88. The Morgan fingerprint density at radius 1 is 0.861 bits per heavy atom. The molecule has 0 aliphatic carbocycles. The van der Waals surface area contributed by atoms with Crippen LogP contribution in [0.2, 0.25) is 15.1 Å². The van der Waals surface area contributed by atoms with Gasteiger partial charge in [-0.2, -0.15) is 0 Å². The van der Waals surface area contributed by atoms with Crippen LogP contribution in [-0.2, 0) is 28.3 Å². The quantitative estimate of drug-likeness (QED) is 0.272. The molecule has 3 rings (SSSR count). The highest BCUT2D eigenvalue weighted by molar-refractivity contribution is 7.99. The maximum atomic E-state index is 13.7. The molecule has 0 aromatic heterocycles. The van der Waals surface area contributed by atoms with Gasteiger partial charge in [-0.05, 0) is 48.7 Å². The van der Waals surface area contributed by atoms with Crippen LogP contribution in [0.5, 0.6) is 0 Å². The molecule has 0 spiro atoms. The highest BCUT2D eigenvalue weighted by atomic mass is 35.5. The molecule has 1 N–H and O–H groups in total. The standard InChI is InChI=1S/C28H29Cl3N2O2S/c1-19(2)32-28(35)26(15-20-9-4-3-5-10-20)33(16-21-11-6-7-12-23(21)29)27(34)18-36-17-22-24(30)13-8-14-25(22)31/h3-14,19,26H,15-18H2,1-2H3,(H,32,35)/t26-/m1/s1. The zero-order chi connectivity index (χ0) is 26.1. The third-order valence-corrected chi connectivity index (χ3v) is 7.56. The fraction of sp³-hybridized carbons (Fsp3) is 0.286. The molecule has 8 heteroatoms. The van der Waals surface area contributed by atoms with Crippen molar-refractivity contribution in [1.29, 1.82) is 0 Å². The fourth-order valence-corrected chi connectivity index (χ4v) is 5.58. The SMILES string of the molecule is CC(C)NC(=O)[C@@H](Cc1ccccc1)N(Cc1ccccc1Cl)C(=O)CSCc1c(Cl)cccc1Cl. The van der Waals surface area contributed by atoms with Gasteiger partial charge in [0.1, 0.15) is 6.04 Å². The maximum absolute atomic E-state index is 13.7. The fourth-order valence-electron chi connectivity index (χ4n) is 3.74. The number of rotatable bonds is 11. The monoisotopic (exact) mass is 562 g/mol. The molecule has 0 aliphatic heterocycles. The van der Waals surface area contributed by atoms with Crippen LogP contribution in [0.3, 0.4) is 0 Å². The van der Waals surface area contributed by atoms with Gasteiger partial charge in [0.25, 0.3) is 0 Å². The predicted molar refractivity (Wildman–Crippen MR) is 152 cm³/mol. The zero-order valence-corrected chi connectivity index (χ0v) is 23.3. The van der Waals surface area contributed by atoms with Crippen LogP contribution in [0.4, 0.5) is 0 Å². The second kappa shape index (κ2) is 13.9. The number of carbonyl (C=O) groups excluding carboxylic acids is 2. The number of thioether (sulfide) groups is 1. The Bertz CT molecular complexity index is 1150. The summed E-state index contributed by atoms with van der Waals surface area (Å²) in [6.07, 6.45) is 0.386. The average molecular weight is 564 g/mol. The van der Waals surface area contributed by atoms with Gasteiger partial charge in [0, 0.05) is 39.8 Å². The molecule has 1 atom stereocenters. The molecular formula is C28H29Cl3N2O2S. The van der Waals surface area contributed by atoms with E-state index in [-0.39, 0.29) is 30.2 Å². The molecule has 0 saturated carbocycles. The predicted octanol–water partition coefficient (Wildman–Crippen LogP) is 7.04. The van der Waals surface area contributed by atoms with E-state index in [4.69, 9.17) is 34.8 Å². The maximum Gasteiger partial charge on any atom is 0.243 e. The second-order valence-corrected chi connectivity index (χ2v) is 10.9. The van der Waals surface area contributed by atoms with Gasteiger partial charge in [0.05, 0.1) is 5.75 Å². The lowest BCUT2D eigenvalue weighted by molar-refractivity contribution is -0.139. The van der Waals surface area contributed by atoms with E-state index in [2.05, 4.69) is 5.32 Å². The second-order valence-electron chi connectivity index (χ2n) is 8.67. The molecule has 0 saturated heterocycles. The zero-order valence-electron chi connectivity index (χ0n) is 20.2. The minimum atomic E-state index is -0.705. The third kappa shape index (κ3) is 8.17. The minimum Gasteiger partial charge on any atom is -0.352 e. The highest BCUT2D eigenvalue weighted by Gasteiger charge is 2.31. The van der Waals surface area contributed by atoms with Crippen molar-refractivity contribution in [2.75, 3.05) is 5.75 Å². The average Bonchev–Trinajstić information content (AvgIpc) is 2.84. The summed E-state index contributed by atoms with van der Waals surface area (Å²) in [5.74, 6) is 0.272. The Morgan fingerprint density at radius 2 is 1.47 bits per heavy atom. The molecule has 0 fully saturated rings. The van der Waals surface area contributed by atoms with Gasteiger partial charge in [-0.25, -0.2) is 0 Å². The van der Waals surface area contributed by atoms with Crippen molar-refractivity contribution in [3.05, 3.63) is 105 Å². The molecular weight excluding hydrogens is 535 g/mol. The van der Waals surface area contributed by atoms with Gasteiger partial charge in [0.15, 0.2) is 0 Å². The molecule has 0 unspecified atom stereocenters. The Morgan fingerprint density at radius 3 is 2.11 bits per heavy atom. The van der Waals surface area contributed by atoms with Crippen molar-refractivity contribution in [3.8, 4) is 0 Å². The number of nitrogens with one attached hydrogen (secondary N) is 1. The van der Waals surface area contributed by atoms with Gasteiger partial charge >= 0.3 is 0 Å². The molecule has 3 aromatic rings. The van der Waals surface area contributed by atoms with Crippen molar-refractivity contribution < 1.29 is 9.59 Å². The normalized spacial score (nSPS) is 11.8. The Hall–Kier alpha value is -2.18. The van der Waals surface area contributed by atoms with Crippen LogP contribution >= 0.6 is 46.6 Å². The number of hydrogen-bond donors (Lipinski definition) is 1. The summed E-state index contributed by atoms with van der Waals surface area (Å²) in [4.78, 5) is 28.7. The number of amides is 2. The van der Waals surface area contributed by atoms with E-state index in [1.807, 2.05) is 62.4 Å². The first-order valence-corrected chi connectivity index (χ1v) is 13.9. The highest BCUT2D eigenvalue weighted by Crippen LogP contribution is 2.29. The van der Waals surface area contributed by atoms with Crippen LogP contribution in [0.25, 0.3) is 0 Å². The summed E-state index contributed by atoms with van der Waals surface area (Å²) in [7, 11) is 0. The first kappa shape index (κ1) is 28.4. The van der Waals surface area contributed by atoms with Crippen LogP contribution in [0.1, 0.15) is 30.5 Å². The molecule has 36 heavy (non-hydrogen) atoms. The number of carbonyl (C=O) groups is 2. The molecule has 0 radical (unpaired) electrons. The number of halogens is 3. The molecule has 3 aromatic carbocycles. The van der Waals surface area contributed by atoms with Crippen LogP contribution in [0, 0.1) is 0 Å². The van der Waals surface area contributed by atoms with E-state index < -0.39 is 6.04 Å². The van der Waals surface area contributed by atoms with E-state index in [0.717, 1.165) is 16.7 Å². The van der Waals surface area contributed by atoms with Crippen LogP contribution in [-0.4, -0.2) is 34.6 Å². The molecule has 0 bridgehead atoms. The number of benzene rings is 3. The van der Waals surface area contributed by atoms with Crippen molar-refractivity contribution in [1.82, 2.24) is 10.2 Å². The number of nitrogens with zero attached hydrogens (tertiary/aromatic N) is 1. The van der Waals surface area contributed by atoms with Gasteiger partial charge in [0.2, 0.25) is 11.8 Å². The number of hydrogen-bond acceptors (Lipinski definition) is 3.